The number of dihydropyridines is 2. The van der Waals surface area contributed by atoms with Crippen molar-refractivity contribution in [1.82, 2.24) is 10.6 Å². The molecule has 2 aliphatic rings. The highest BCUT2D eigenvalue weighted by Gasteiger charge is 2.56. The molecule has 2 aliphatic heterocycles. The lowest BCUT2D eigenvalue weighted by Crippen LogP contribution is -2.62. The summed E-state index contributed by atoms with van der Waals surface area (Å²) in [5.74, 6) is 1.20. The number of ether oxygens (including phenoxy) is 2. The van der Waals surface area contributed by atoms with Crippen molar-refractivity contribution in [1.29, 1.82) is 0 Å². The molecule has 0 aliphatic carbocycles. The molecule has 2 heterocycles. The summed E-state index contributed by atoms with van der Waals surface area (Å²) in [7, 11) is 3.24. The summed E-state index contributed by atoms with van der Waals surface area (Å²) in [5, 5.41) is 6.83. The van der Waals surface area contributed by atoms with Crippen LogP contribution in [0.25, 0.3) is 0 Å². The number of Topliss-reactive ketones (excluding diaryl/α,β-unsaturated/α-hetero) is 1. The summed E-state index contributed by atoms with van der Waals surface area (Å²) < 4.78 is 11.4. The van der Waals surface area contributed by atoms with Gasteiger partial charge in [0, 0.05) is 11.1 Å². The molecule has 0 amide bonds. The Kier molecular flexibility index (Phi) is 5.66. The van der Waals surface area contributed by atoms with E-state index in [1.54, 1.807) is 14.2 Å². The van der Waals surface area contributed by atoms with Crippen LogP contribution >= 0.6 is 0 Å². The third kappa shape index (κ3) is 3.04. The van der Waals surface area contributed by atoms with Crippen molar-refractivity contribution >= 4 is 5.78 Å². The highest BCUT2D eigenvalue weighted by Crippen LogP contribution is 2.47. The molecule has 0 radical (unpaired) electrons. The van der Waals surface area contributed by atoms with Crippen LogP contribution in [0.1, 0.15) is 25.0 Å². The number of benzene rings is 2. The van der Waals surface area contributed by atoms with E-state index in [0.29, 0.717) is 11.5 Å². The second-order valence-corrected chi connectivity index (χ2v) is 7.94. The highest BCUT2D eigenvalue weighted by atomic mass is 16.5. The second-order valence-electron chi connectivity index (χ2n) is 7.94. The zero-order chi connectivity index (χ0) is 22.8. The Hall–Kier alpha value is -3.73. The summed E-state index contributed by atoms with van der Waals surface area (Å²) in [5.41, 5.74) is 0.930. The average Bonchev–Trinajstić information content (AvgIpc) is 2.84. The molecule has 5 nitrogen and oxygen atoms in total. The van der Waals surface area contributed by atoms with Crippen molar-refractivity contribution in [2.45, 2.75) is 24.9 Å². The second kappa shape index (κ2) is 8.42. The molecule has 2 aromatic rings. The van der Waals surface area contributed by atoms with Gasteiger partial charge in [0.05, 0.1) is 14.2 Å². The number of carbonyl (C=O) groups excluding carboxylic acids is 1. The molecule has 0 fully saturated rings. The maximum absolute atomic E-state index is 15.0. The number of carbonyl (C=O) groups is 1. The van der Waals surface area contributed by atoms with Crippen LogP contribution in [0, 0.1) is 0 Å². The van der Waals surface area contributed by atoms with Crippen LogP contribution in [0.4, 0.5) is 0 Å². The molecule has 2 aromatic carbocycles. The lowest BCUT2D eigenvalue weighted by Gasteiger charge is -2.46. The predicted octanol–water partition coefficient (Wildman–Crippen LogP) is 4.49. The van der Waals surface area contributed by atoms with Gasteiger partial charge in [-0.1, -0.05) is 48.6 Å². The number of allylic oxidation sites excluding steroid dienone is 4. The number of nitrogens with one attached hydrogen (secondary N) is 2. The fourth-order valence-corrected chi connectivity index (χ4v) is 4.71. The molecule has 5 heteroatoms. The number of methoxy groups -OCH3 is 2. The van der Waals surface area contributed by atoms with Crippen LogP contribution in [0.3, 0.4) is 0 Å². The molecule has 0 bridgehead atoms. The number of hydrogen-bond donors (Lipinski definition) is 2. The van der Waals surface area contributed by atoms with Crippen LogP contribution in [0.5, 0.6) is 11.5 Å². The summed E-state index contributed by atoms with van der Waals surface area (Å²) in [4.78, 5) is 15.0. The van der Waals surface area contributed by atoms with Gasteiger partial charge in [-0.2, -0.15) is 0 Å². The first-order valence-corrected chi connectivity index (χ1v) is 10.6. The minimum Gasteiger partial charge on any atom is -0.496 e. The average molecular weight is 429 g/mol. The quantitative estimate of drug-likeness (QED) is 0.710. The fourth-order valence-electron chi connectivity index (χ4n) is 4.71. The molecule has 0 aromatic heterocycles. The maximum atomic E-state index is 15.0. The van der Waals surface area contributed by atoms with Crippen LogP contribution in [0.15, 0.2) is 96.4 Å². The minimum atomic E-state index is -1.16. The summed E-state index contributed by atoms with van der Waals surface area (Å²) >= 11 is 0. The minimum absolute atomic E-state index is 0.0739. The van der Waals surface area contributed by atoms with Crippen molar-refractivity contribution in [3.63, 3.8) is 0 Å². The van der Waals surface area contributed by atoms with E-state index in [0.717, 1.165) is 22.3 Å². The molecule has 32 heavy (non-hydrogen) atoms. The van der Waals surface area contributed by atoms with Gasteiger partial charge in [-0.15, -0.1) is 0 Å². The predicted molar refractivity (Wildman–Crippen MR) is 126 cm³/mol. The van der Waals surface area contributed by atoms with Gasteiger partial charge in [-0.05, 0) is 61.7 Å². The number of hydrogen-bond acceptors (Lipinski definition) is 5. The van der Waals surface area contributed by atoms with E-state index in [9.17, 15) is 4.79 Å². The van der Waals surface area contributed by atoms with E-state index in [1.807, 2.05) is 99.1 Å². The molecule has 0 spiro atoms. The van der Waals surface area contributed by atoms with Gasteiger partial charge in [0.15, 0.2) is 0 Å². The Morgan fingerprint density at radius 3 is 1.50 bits per heavy atom. The van der Waals surface area contributed by atoms with Crippen molar-refractivity contribution in [3.05, 3.63) is 108 Å². The van der Waals surface area contributed by atoms with E-state index >= 15 is 0 Å². The Bertz CT molecular complexity index is 1070. The lowest BCUT2D eigenvalue weighted by atomic mass is 9.66. The van der Waals surface area contributed by atoms with Gasteiger partial charge in [0.25, 0.3) is 0 Å². The standard InChI is InChI=1S/C27H28N2O3/c1-19-11-9-17-28-26(19,21-13-5-7-15-23(21)31-3)25(30)27(20(2)12-10-18-29-27)22-14-6-8-16-24(22)32-4/h5-18,28-29H,1-4H3. The van der Waals surface area contributed by atoms with Gasteiger partial charge in [-0.3, -0.25) is 4.79 Å². The fraction of sp³-hybridized carbons (Fsp3) is 0.222. The molecule has 2 N–H and O–H groups in total. The molecule has 2 atom stereocenters. The molecule has 2 unspecified atom stereocenters. The maximum Gasteiger partial charge on any atom is 0.201 e. The number of ketones is 1. The SMILES string of the molecule is COc1ccccc1C1(C(=O)C2(c3ccccc3OC)NC=CC=C2C)NC=CC=C1C. The molecular weight excluding hydrogens is 400 g/mol. The van der Waals surface area contributed by atoms with Crippen LogP contribution in [-0.2, 0) is 15.9 Å². The van der Waals surface area contributed by atoms with E-state index in [4.69, 9.17) is 9.47 Å². The van der Waals surface area contributed by atoms with E-state index < -0.39 is 11.1 Å². The van der Waals surface area contributed by atoms with Gasteiger partial charge in [-0.25, -0.2) is 0 Å². The van der Waals surface area contributed by atoms with Crippen molar-refractivity contribution in [2.75, 3.05) is 14.2 Å². The monoisotopic (exact) mass is 428 g/mol. The normalized spacial score (nSPS) is 24.0. The smallest absolute Gasteiger partial charge is 0.201 e. The third-order valence-electron chi connectivity index (χ3n) is 6.37. The topological polar surface area (TPSA) is 59.6 Å². The molecule has 0 saturated carbocycles. The van der Waals surface area contributed by atoms with Crippen molar-refractivity contribution < 1.29 is 14.3 Å². The van der Waals surface area contributed by atoms with Gasteiger partial charge < -0.3 is 20.1 Å². The Morgan fingerprint density at radius 1 is 0.719 bits per heavy atom. The van der Waals surface area contributed by atoms with E-state index in [-0.39, 0.29) is 5.78 Å². The van der Waals surface area contributed by atoms with Crippen molar-refractivity contribution in [3.8, 4) is 11.5 Å². The summed E-state index contributed by atoms with van der Waals surface area (Å²) in [6.07, 6.45) is 11.4. The van der Waals surface area contributed by atoms with E-state index in [2.05, 4.69) is 10.6 Å². The first-order chi connectivity index (χ1) is 15.5. The Morgan fingerprint density at radius 2 is 1.12 bits per heavy atom. The largest absolute Gasteiger partial charge is 0.496 e. The summed E-state index contributed by atoms with van der Waals surface area (Å²) in [6, 6.07) is 15.3. The first kappa shape index (κ1) is 21.5. The number of para-hydroxylation sites is 2. The van der Waals surface area contributed by atoms with Crippen molar-refractivity contribution in [2.24, 2.45) is 0 Å². The van der Waals surface area contributed by atoms with Crippen LogP contribution in [0.2, 0.25) is 0 Å². The highest BCUT2D eigenvalue weighted by molar-refractivity contribution is 6.04. The first-order valence-electron chi connectivity index (χ1n) is 10.6. The zero-order valence-corrected chi connectivity index (χ0v) is 18.8. The van der Waals surface area contributed by atoms with Crippen LogP contribution < -0.4 is 20.1 Å². The Labute approximate surface area is 189 Å². The van der Waals surface area contributed by atoms with Gasteiger partial charge in [0.2, 0.25) is 5.78 Å². The molecule has 4 rings (SSSR count). The zero-order valence-electron chi connectivity index (χ0n) is 18.8. The Balaban J connectivity index is 2.04. The summed E-state index contributed by atoms with van der Waals surface area (Å²) in [6.45, 7) is 3.93. The third-order valence-corrected chi connectivity index (χ3v) is 6.37. The van der Waals surface area contributed by atoms with Crippen LogP contribution in [-0.4, -0.2) is 20.0 Å². The lowest BCUT2D eigenvalue weighted by molar-refractivity contribution is -0.129. The van der Waals surface area contributed by atoms with Gasteiger partial charge >= 0.3 is 0 Å². The van der Waals surface area contributed by atoms with Gasteiger partial charge in [0.1, 0.15) is 22.6 Å². The molecule has 0 saturated heterocycles. The molecule has 164 valence electrons. The van der Waals surface area contributed by atoms with E-state index in [1.165, 1.54) is 0 Å². The number of rotatable bonds is 6. The molecular formula is C27H28N2O3.